The van der Waals surface area contributed by atoms with Gasteiger partial charge in [-0.05, 0) is 60.0 Å². The van der Waals surface area contributed by atoms with Crippen LogP contribution in [0.25, 0.3) is 11.1 Å². The van der Waals surface area contributed by atoms with Gasteiger partial charge in [-0.3, -0.25) is 0 Å². The second kappa shape index (κ2) is 6.78. The van der Waals surface area contributed by atoms with Crippen LogP contribution in [0.3, 0.4) is 0 Å². The zero-order valence-electron chi connectivity index (χ0n) is 12.0. The number of hydrogen-bond acceptors (Lipinski definition) is 1. The van der Waals surface area contributed by atoms with Gasteiger partial charge in [-0.2, -0.15) is 0 Å². The molecule has 22 heavy (non-hydrogen) atoms. The molecule has 0 heterocycles. The molecule has 0 aliphatic rings. The van der Waals surface area contributed by atoms with Gasteiger partial charge in [-0.15, -0.1) is 0 Å². The molecule has 0 saturated carbocycles. The summed E-state index contributed by atoms with van der Waals surface area (Å²) >= 11 is 13.9. The Hall–Kier alpha value is -1.41. The third-order valence-electron chi connectivity index (χ3n) is 3.28. The molecule has 0 aromatic heterocycles. The quantitative estimate of drug-likeness (QED) is 0.487. The van der Waals surface area contributed by atoms with E-state index in [1.165, 1.54) is 15.4 Å². The van der Waals surface area contributed by atoms with Crippen LogP contribution < -0.4 is 0 Å². The Morgan fingerprint density at radius 2 is 1.45 bits per heavy atom. The number of benzene rings is 3. The van der Waals surface area contributed by atoms with E-state index in [1.54, 1.807) is 11.8 Å². The molecule has 0 atom stereocenters. The molecule has 110 valence electrons. The maximum absolute atomic E-state index is 6.14. The van der Waals surface area contributed by atoms with E-state index < -0.39 is 0 Å². The van der Waals surface area contributed by atoms with E-state index in [9.17, 15) is 0 Å². The van der Waals surface area contributed by atoms with Gasteiger partial charge in [0.2, 0.25) is 0 Å². The van der Waals surface area contributed by atoms with Crippen LogP contribution in [0.15, 0.2) is 76.5 Å². The minimum atomic E-state index is 0.581. The summed E-state index contributed by atoms with van der Waals surface area (Å²) in [7, 11) is 0. The minimum absolute atomic E-state index is 0.581. The monoisotopic (exact) mass is 344 g/mol. The Balaban J connectivity index is 1.97. The third-order valence-corrected chi connectivity index (χ3v) is 5.00. The lowest BCUT2D eigenvalue weighted by Gasteiger charge is -2.09. The first-order valence-electron chi connectivity index (χ1n) is 6.92. The van der Waals surface area contributed by atoms with Crippen LogP contribution in [0.5, 0.6) is 0 Å². The van der Waals surface area contributed by atoms with Crippen LogP contribution in [0.1, 0.15) is 5.56 Å². The van der Waals surface area contributed by atoms with Crippen molar-refractivity contribution in [3.05, 3.63) is 82.3 Å². The maximum atomic E-state index is 6.14. The van der Waals surface area contributed by atoms with Crippen LogP contribution in [0.4, 0.5) is 0 Å². The Bertz CT molecular complexity index is 798. The zero-order chi connectivity index (χ0) is 15.5. The predicted octanol–water partition coefficient (Wildman–Crippen LogP) is 7.12. The molecule has 3 aromatic rings. The average molecular weight is 345 g/mol. The molecule has 0 saturated heterocycles. The van der Waals surface area contributed by atoms with E-state index in [4.69, 9.17) is 23.2 Å². The van der Waals surface area contributed by atoms with E-state index in [0.29, 0.717) is 10.0 Å². The average Bonchev–Trinajstić information content (AvgIpc) is 2.50. The molecule has 3 rings (SSSR count). The van der Waals surface area contributed by atoms with Gasteiger partial charge >= 0.3 is 0 Å². The summed E-state index contributed by atoms with van der Waals surface area (Å²) in [6.45, 7) is 2.11. The number of hydrogen-bond donors (Lipinski definition) is 0. The highest BCUT2D eigenvalue weighted by atomic mass is 35.5. The number of halogens is 2. The fraction of sp³-hybridized carbons (Fsp3) is 0.0526. The third kappa shape index (κ3) is 3.67. The van der Waals surface area contributed by atoms with Gasteiger partial charge in [0, 0.05) is 9.79 Å². The molecule has 0 aliphatic heterocycles. The lowest BCUT2D eigenvalue weighted by molar-refractivity contribution is 1.34. The van der Waals surface area contributed by atoms with E-state index in [0.717, 1.165) is 11.1 Å². The first-order chi connectivity index (χ1) is 10.6. The van der Waals surface area contributed by atoms with Gasteiger partial charge in [0.05, 0.1) is 10.0 Å². The Morgan fingerprint density at radius 1 is 0.682 bits per heavy atom. The van der Waals surface area contributed by atoms with Gasteiger partial charge in [0.25, 0.3) is 0 Å². The summed E-state index contributed by atoms with van der Waals surface area (Å²) in [5.41, 5.74) is 3.45. The van der Waals surface area contributed by atoms with Crippen molar-refractivity contribution in [2.45, 2.75) is 16.7 Å². The van der Waals surface area contributed by atoms with Crippen LogP contribution in [0, 0.1) is 6.92 Å². The van der Waals surface area contributed by atoms with Crippen molar-refractivity contribution in [1.82, 2.24) is 0 Å². The topological polar surface area (TPSA) is 0 Å². The summed E-state index contributed by atoms with van der Waals surface area (Å²) in [6, 6.07) is 22.7. The Kier molecular flexibility index (Phi) is 4.77. The first kappa shape index (κ1) is 15.5. The van der Waals surface area contributed by atoms with E-state index in [2.05, 4.69) is 49.4 Å². The highest BCUT2D eigenvalue weighted by Crippen LogP contribution is 2.34. The van der Waals surface area contributed by atoms with Gasteiger partial charge in [-0.25, -0.2) is 0 Å². The molecule has 3 heteroatoms. The molecule has 0 radical (unpaired) electrons. The van der Waals surface area contributed by atoms with Crippen molar-refractivity contribution >= 4 is 35.0 Å². The molecule has 0 nitrogen and oxygen atoms in total. The second-order valence-corrected chi connectivity index (χ2v) is 7.04. The molecule has 3 aromatic carbocycles. The SMILES string of the molecule is Cc1cc(Sc2ccccc2)cc(-c2ccc(Cl)c(Cl)c2)c1. The van der Waals surface area contributed by atoms with Gasteiger partial charge in [0.15, 0.2) is 0 Å². The normalized spacial score (nSPS) is 10.7. The van der Waals surface area contributed by atoms with Crippen molar-refractivity contribution < 1.29 is 0 Å². The van der Waals surface area contributed by atoms with Crippen molar-refractivity contribution in [3.8, 4) is 11.1 Å². The van der Waals surface area contributed by atoms with E-state index >= 15 is 0 Å². The van der Waals surface area contributed by atoms with Crippen molar-refractivity contribution in [3.63, 3.8) is 0 Å². The molecular weight excluding hydrogens is 331 g/mol. The Labute approximate surface area is 145 Å². The summed E-state index contributed by atoms with van der Waals surface area (Å²) in [5.74, 6) is 0. The fourth-order valence-corrected chi connectivity index (χ4v) is 3.57. The van der Waals surface area contributed by atoms with Crippen molar-refractivity contribution in [2.75, 3.05) is 0 Å². The highest BCUT2D eigenvalue weighted by molar-refractivity contribution is 7.99. The van der Waals surface area contributed by atoms with Gasteiger partial charge in [0.1, 0.15) is 0 Å². The van der Waals surface area contributed by atoms with Crippen molar-refractivity contribution in [2.24, 2.45) is 0 Å². The van der Waals surface area contributed by atoms with Crippen molar-refractivity contribution in [1.29, 1.82) is 0 Å². The molecule has 0 amide bonds. The molecule has 0 aliphatic carbocycles. The number of aryl methyl sites for hydroxylation is 1. The van der Waals surface area contributed by atoms with Crippen LogP contribution in [-0.2, 0) is 0 Å². The lowest BCUT2D eigenvalue weighted by atomic mass is 10.0. The maximum Gasteiger partial charge on any atom is 0.0598 e. The van der Waals surface area contributed by atoms with Crippen LogP contribution in [-0.4, -0.2) is 0 Å². The largest absolute Gasteiger partial charge is 0.0901 e. The Morgan fingerprint density at radius 3 is 2.18 bits per heavy atom. The highest BCUT2D eigenvalue weighted by Gasteiger charge is 2.06. The lowest BCUT2D eigenvalue weighted by Crippen LogP contribution is -1.83. The summed E-state index contributed by atoms with van der Waals surface area (Å²) < 4.78 is 0. The molecular formula is C19H14Cl2S. The minimum Gasteiger partial charge on any atom is -0.0901 e. The van der Waals surface area contributed by atoms with E-state index in [-0.39, 0.29) is 0 Å². The predicted molar refractivity (Wildman–Crippen MR) is 97.2 cm³/mol. The fourth-order valence-electron chi connectivity index (χ4n) is 2.27. The summed E-state index contributed by atoms with van der Waals surface area (Å²) in [4.78, 5) is 2.44. The first-order valence-corrected chi connectivity index (χ1v) is 8.49. The van der Waals surface area contributed by atoms with E-state index in [1.807, 2.05) is 24.3 Å². The summed E-state index contributed by atoms with van der Waals surface area (Å²) in [6.07, 6.45) is 0. The second-order valence-electron chi connectivity index (χ2n) is 5.08. The summed E-state index contributed by atoms with van der Waals surface area (Å²) in [5, 5.41) is 1.16. The molecule has 0 spiro atoms. The molecule has 0 fully saturated rings. The molecule has 0 N–H and O–H groups in total. The van der Waals surface area contributed by atoms with Crippen LogP contribution >= 0.6 is 35.0 Å². The zero-order valence-corrected chi connectivity index (χ0v) is 14.3. The smallest absolute Gasteiger partial charge is 0.0598 e. The standard InChI is InChI=1S/C19H14Cl2S/c1-13-9-15(14-7-8-18(20)19(21)12-14)11-17(10-13)22-16-5-3-2-4-6-16/h2-12H,1H3. The number of rotatable bonds is 3. The van der Waals surface area contributed by atoms with Gasteiger partial charge < -0.3 is 0 Å². The van der Waals surface area contributed by atoms with Crippen LogP contribution in [0.2, 0.25) is 10.0 Å². The van der Waals surface area contributed by atoms with Gasteiger partial charge in [-0.1, -0.05) is 65.3 Å². The molecule has 0 unspecified atom stereocenters. The molecule has 0 bridgehead atoms.